The van der Waals surface area contributed by atoms with Gasteiger partial charge in [0.25, 0.3) is 0 Å². The number of carbonyl (C=O) groups is 1. The molecule has 0 aliphatic heterocycles. The van der Waals surface area contributed by atoms with E-state index in [2.05, 4.69) is 0 Å². The minimum absolute atomic E-state index is 0.270. The van der Waals surface area contributed by atoms with Gasteiger partial charge in [0.2, 0.25) is 5.89 Å². The monoisotopic (exact) mass is 493 g/mol. The molecule has 0 saturated carbocycles. The van der Waals surface area contributed by atoms with Crippen molar-refractivity contribution in [3.63, 3.8) is 0 Å². The largest absolute Gasteiger partial charge is 0.436 e. The van der Waals surface area contributed by atoms with Crippen molar-refractivity contribution in [1.29, 1.82) is 0 Å². The quantitative estimate of drug-likeness (QED) is 0.200. The molecule has 1 aromatic heterocycles. The van der Waals surface area contributed by atoms with Gasteiger partial charge >= 0.3 is 5.97 Å². The third kappa shape index (κ3) is 5.57. The average Bonchev–Trinajstić information content (AvgIpc) is 3.39. The summed E-state index contributed by atoms with van der Waals surface area (Å²) < 4.78 is 11.9. The number of esters is 1. The van der Waals surface area contributed by atoms with Crippen LogP contribution in [0.3, 0.4) is 0 Å². The molecular formula is C32H31NO4. The van der Waals surface area contributed by atoms with Gasteiger partial charge in [-0.2, -0.15) is 0 Å². The zero-order valence-corrected chi connectivity index (χ0v) is 21.0. The molecule has 0 saturated heterocycles. The molecule has 4 aromatic rings. The highest BCUT2D eigenvalue weighted by Crippen LogP contribution is 2.42. The van der Waals surface area contributed by atoms with Crippen molar-refractivity contribution in [3.8, 4) is 28.3 Å². The van der Waals surface area contributed by atoms with Gasteiger partial charge in [0.1, 0.15) is 17.5 Å². The van der Waals surface area contributed by atoms with E-state index in [4.69, 9.17) is 14.1 Å². The molecule has 1 unspecified atom stereocenters. The Balaban J connectivity index is 1.55. The van der Waals surface area contributed by atoms with E-state index in [1.54, 1.807) is 12.1 Å². The van der Waals surface area contributed by atoms with E-state index >= 15 is 0 Å². The van der Waals surface area contributed by atoms with Gasteiger partial charge in [-0.15, -0.1) is 0 Å². The van der Waals surface area contributed by atoms with Gasteiger partial charge in [0, 0.05) is 23.1 Å². The zero-order chi connectivity index (χ0) is 25.6. The molecule has 37 heavy (non-hydrogen) atoms. The molecule has 1 heterocycles. The van der Waals surface area contributed by atoms with E-state index in [1.807, 2.05) is 79.7 Å². The summed E-state index contributed by atoms with van der Waals surface area (Å²) in [7, 11) is 0. The predicted octanol–water partition coefficient (Wildman–Crippen LogP) is 7.78. The molecule has 5 rings (SSSR count). The third-order valence-electron chi connectivity index (χ3n) is 6.67. The van der Waals surface area contributed by atoms with Gasteiger partial charge < -0.3 is 14.3 Å². The van der Waals surface area contributed by atoms with E-state index in [0.29, 0.717) is 23.6 Å². The molecule has 188 valence electrons. The van der Waals surface area contributed by atoms with Gasteiger partial charge in [0.05, 0.1) is 0 Å². The van der Waals surface area contributed by atoms with Crippen molar-refractivity contribution < 1.29 is 19.1 Å². The van der Waals surface area contributed by atoms with Crippen molar-refractivity contribution in [2.24, 2.45) is 0 Å². The van der Waals surface area contributed by atoms with Crippen LogP contribution in [0.4, 0.5) is 0 Å². The van der Waals surface area contributed by atoms with Gasteiger partial charge in [-0.25, -0.2) is 4.98 Å². The number of aliphatic hydroxyl groups is 1. The van der Waals surface area contributed by atoms with Crippen LogP contribution >= 0.6 is 0 Å². The van der Waals surface area contributed by atoms with Crippen LogP contribution in [0.15, 0.2) is 94.9 Å². The molecule has 0 spiro atoms. The maximum Gasteiger partial charge on any atom is 0.311 e. The van der Waals surface area contributed by atoms with Crippen LogP contribution in [0.5, 0.6) is 5.75 Å². The summed E-state index contributed by atoms with van der Waals surface area (Å²) in [5.41, 5.74) is 5.28. The fourth-order valence-corrected chi connectivity index (χ4v) is 4.84. The van der Waals surface area contributed by atoms with Crippen LogP contribution in [-0.2, 0) is 4.79 Å². The minimum Gasteiger partial charge on any atom is -0.436 e. The smallest absolute Gasteiger partial charge is 0.311 e. The summed E-state index contributed by atoms with van der Waals surface area (Å²) in [6, 6.07) is 27.2. The number of oxazole rings is 1. The molecule has 1 atom stereocenters. The lowest BCUT2D eigenvalue weighted by atomic mass is 9.86. The first-order valence-electron chi connectivity index (χ1n) is 13.0. The highest BCUT2D eigenvalue weighted by atomic mass is 16.5. The van der Waals surface area contributed by atoms with E-state index < -0.39 is 6.10 Å². The Bertz CT molecular complexity index is 1330. The lowest BCUT2D eigenvalue weighted by Crippen LogP contribution is -2.10. The first-order chi connectivity index (χ1) is 18.1. The average molecular weight is 494 g/mol. The summed E-state index contributed by atoms with van der Waals surface area (Å²) in [5, 5.41) is 11.5. The number of aromatic nitrogens is 1. The van der Waals surface area contributed by atoms with Crippen LogP contribution < -0.4 is 4.74 Å². The lowest BCUT2D eigenvalue weighted by molar-refractivity contribution is -0.134. The second kappa shape index (κ2) is 11.4. The third-order valence-corrected chi connectivity index (χ3v) is 6.67. The Kier molecular flexibility index (Phi) is 7.62. The molecule has 0 bridgehead atoms. The van der Waals surface area contributed by atoms with E-state index in [-0.39, 0.29) is 5.97 Å². The molecular weight excluding hydrogens is 462 g/mol. The fourth-order valence-electron chi connectivity index (χ4n) is 4.84. The van der Waals surface area contributed by atoms with Gasteiger partial charge in [-0.05, 0) is 55.4 Å². The number of carbonyl (C=O) groups excluding carboxylic acids is 1. The number of hydrogen-bond acceptors (Lipinski definition) is 5. The van der Waals surface area contributed by atoms with Crippen LogP contribution in [0.1, 0.15) is 63.0 Å². The molecule has 1 N–H and O–H groups in total. The van der Waals surface area contributed by atoms with E-state index in [9.17, 15) is 9.90 Å². The number of rotatable bonds is 8. The maximum absolute atomic E-state index is 12.0. The van der Waals surface area contributed by atoms with E-state index in [0.717, 1.165) is 65.8 Å². The molecule has 5 nitrogen and oxygen atoms in total. The van der Waals surface area contributed by atoms with Crippen molar-refractivity contribution in [1.82, 2.24) is 4.98 Å². The minimum atomic E-state index is -0.840. The highest BCUT2D eigenvalue weighted by Gasteiger charge is 2.27. The molecule has 1 aliphatic rings. The molecule has 5 heteroatoms. The first kappa shape index (κ1) is 24.7. The van der Waals surface area contributed by atoms with Crippen LogP contribution in [0.25, 0.3) is 28.2 Å². The molecule has 1 aliphatic carbocycles. The Morgan fingerprint density at radius 2 is 1.65 bits per heavy atom. The highest BCUT2D eigenvalue weighted by molar-refractivity contribution is 5.79. The molecule has 0 radical (unpaired) electrons. The van der Waals surface area contributed by atoms with Crippen LogP contribution in [0, 0.1) is 0 Å². The second-order valence-electron chi connectivity index (χ2n) is 9.34. The Morgan fingerprint density at radius 3 is 2.38 bits per heavy atom. The maximum atomic E-state index is 12.0. The van der Waals surface area contributed by atoms with Gasteiger partial charge in [0.15, 0.2) is 5.76 Å². The zero-order valence-electron chi connectivity index (χ0n) is 21.0. The summed E-state index contributed by atoms with van der Waals surface area (Å²) in [6.07, 6.45) is 3.76. The number of nitrogens with zero attached hydrogens (tertiary/aromatic N) is 1. The molecule has 0 amide bonds. The van der Waals surface area contributed by atoms with Gasteiger partial charge in [-0.3, -0.25) is 4.79 Å². The number of allylic oxidation sites excluding steroid dienone is 1. The van der Waals surface area contributed by atoms with Crippen LogP contribution in [-0.4, -0.2) is 16.1 Å². The fraction of sp³-hybridized carbons (Fsp3) is 0.250. The number of ether oxygens (including phenoxy) is 1. The SMILES string of the molecule is CCCC(=O)Oc1cccc(C(O)C2=C(c3nc(-c4ccccc4)c(-c4ccccc4)o3)CCCC2)c1. The van der Waals surface area contributed by atoms with E-state index in [1.165, 1.54) is 0 Å². The van der Waals surface area contributed by atoms with Crippen LogP contribution in [0.2, 0.25) is 0 Å². The summed E-state index contributed by atoms with van der Waals surface area (Å²) in [6.45, 7) is 1.94. The van der Waals surface area contributed by atoms with Crippen molar-refractivity contribution in [2.75, 3.05) is 0 Å². The normalized spacial score (nSPS) is 14.4. The van der Waals surface area contributed by atoms with Crippen molar-refractivity contribution in [3.05, 3.63) is 102 Å². The number of aliphatic hydroxyl groups excluding tert-OH is 1. The lowest BCUT2D eigenvalue weighted by Gasteiger charge is -2.23. The Morgan fingerprint density at radius 1 is 0.946 bits per heavy atom. The molecule has 3 aromatic carbocycles. The Labute approximate surface area is 217 Å². The standard InChI is InChI=1S/C32H31NO4/c1-2-12-28(34)36-25-18-11-17-24(21-25)30(35)26-19-9-10-20-27(26)32-33-29(22-13-5-3-6-14-22)31(37-32)23-15-7-4-8-16-23/h3-8,11,13-18,21,30,35H,2,9-10,12,19-20H2,1H3. The predicted molar refractivity (Wildman–Crippen MR) is 145 cm³/mol. The summed E-state index contributed by atoms with van der Waals surface area (Å²) in [4.78, 5) is 17.0. The number of benzene rings is 3. The van der Waals surface area contributed by atoms with Crippen molar-refractivity contribution in [2.45, 2.75) is 51.6 Å². The first-order valence-corrected chi connectivity index (χ1v) is 13.0. The van der Waals surface area contributed by atoms with Gasteiger partial charge in [-0.1, -0.05) is 79.7 Å². The topological polar surface area (TPSA) is 72.6 Å². The van der Waals surface area contributed by atoms with Crippen molar-refractivity contribution >= 4 is 11.5 Å². The second-order valence-corrected chi connectivity index (χ2v) is 9.34. The summed E-state index contributed by atoms with van der Waals surface area (Å²) in [5.74, 6) is 1.45. The summed E-state index contributed by atoms with van der Waals surface area (Å²) >= 11 is 0. The number of hydrogen-bond donors (Lipinski definition) is 1. The molecule has 0 fully saturated rings. The Hall–Kier alpha value is -3.96.